The highest BCUT2D eigenvalue weighted by atomic mass is 32.2. The standard InChI is InChI=1S/C37H43N5O4S2/c1-24-17-25(2)42(39-24)35(44)32-30-15-16-40(20-26-9-7-6-8-10-26)21-31(30)47-34(32)38-33(43)27-11-13-29(14-12-27)48(45,46)41-23-37(5)19-28(41)18-36(3,4)22-37/h6-14,17,28H,15-16,18-23H2,1-5H3,(H,38,43). The van der Waals surface area contributed by atoms with E-state index in [1.807, 2.05) is 38.1 Å². The van der Waals surface area contributed by atoms with Crippen LogP contribution in [-0.4, -0.2) is 58.3 Å². The average molecular weight is 686 g/mol. The van der Waals surface area contributed by atoms with Crippen LogP contribution >= 0.6 is 11.3 Å². The topological polar surface area (TPSA) is 105 Å². The van der Waals surface area contributed by atoms with Crippen LogP contribution in [0.2, 0.25) is 0 Å². The zero-order valence-corrected chi connectivity index (χ0v) is 29.9. The zero-order chi connectivity index (χ0) is 34.0. The monoisotopic (exact) mass is 685 g/mol. The molecule has 1 N–H and O–H groups in total. The lowest BCUT2D eigenvalue weighted by Gasteiger charge is -2.39. The van der Waals surface area contributed by atoms with Crippen molar-refractivity contribution in [3.05, 3.63) is 99.2 Å². The van der Waals surface area contributed by atoms with Crippen molar-refractivity contribution in [1.82, 2.24) is 19.0 Å². The van der Waals surface area contributed by atoms with E-state index in [9.17, 15) is 18.0 Å². The summed E-state index contributed by atoms with van der Waals surface area (Å²) in [5, 5.41) is 7.96. The Balaban J connectivity index is 1.14. The maximum Gasteiger partial charge on any atom is 0.281 e. The molecule has 2 aromatic heterocycles. The van der Waals surface area contributed by atoms with Gasteiger partial charge in [0.2, 0.25) is 10.0 Å². The molecule has 1 amide bonds. The summed E-state index contributed by atoms with van der Waals surface area (Å²) in [6.07, 6.45) is 3.40. The van der Waals surface area contributed by atoms with Crippen LogP contribution in [0.1, 0.15) is 88.1 Å². The third-order valence-corrected chi connectivity index (χ3v) is 13.2. The highest BCUT2D eigenvalue weighted by Crippen LogP contribution is 2.53. The molecule has 2 atom stereocenters. The van der Waals surface area contributed by atoms with Gasteiger partial charge in [-0.2, -0.15) is 9.40 Å². The Labute approximate surface area is 287 Å². The first-order valence-corrected chi connectivity index (χ1v) is 18.9. The van der Waals surface area contributed by atoms with Crippen LogP contribution in [0.15, 0.2) is 65.6 Å². The normalized spacial score (nSPS) is 22.4. The molecule has 48 heavy (non-hydrogen) atoms. The number of fused-ring (bicyclic) bond motifs is 3. The molecule has 7 rings (SSSR count). The number of carbonyl (C=O) groups is 2. The fourth-order valence-electron chi connectivity index (χ4n) is 8.47. The Hall–Kier alpha value is -3.64. The molecule has 4 heterocycles. The first-order chi connectivity index (χ1) is 22.7. The molecule has 2 aliphatic heterocycles. The fourth-order valence-corrected chi connectivity index (χ4v) is 11.5. The molecule has 0 spiro atoms. The fraction of sp³-hybridized carbons (Fsp3) is 0.432. The SMILES string of the molecule is Cc1cc(C)n(C(=O)c2c(NC(=O)c3ccc(S(=O)(=O)N4CC5(C)CC4CC(C)(C)C5)cc3)sc3c2CCN(Cc2ccccc2)C3)n1. The Kier molecular flexibility index (Phi) is 8.25. The van der Waals surface area contributed by atoms with Gasteiger partial charge in [-0.3, -0.25) is 14.5 Å². The number of nitrogens with one attached hydrogen (secondary N) is 1. The van der Waals surface area contributed by atoms with Gasteiger partial charge >= 0.3 is 0 Å². The molecule has 252 valence electrons. The maximum absolute atomic E-state index is 14.0. The van der Waals surface area contributed by atoms with Crippen LogP contribution in [0.25, 0.3) is 0 Å². The molecule has 4 aromatic rings. The van der Waals surface area contributed by atoms with Crippen molar-refractivity contribution in [3.8, 4) is 0 Å². The van der Waals surface area contributed by atoms with Crippen LogP contribution < -0.4 is 5.32 Å². The molecule has 1 aliphatic carbocycles. The molecule has 3 aliphatic rings. The minimum atomic E-state index is -3.72. The molecule has 2 aromatic carbocycles. The van der Waals surface area contributed by atoms with Gasteiger partial charge in [0.05, 0.1) is 16.2 Å². The second kappa shape index (κ2) is 12.0. The van der Waals surface area contributed by atoms with Crippen LogP contribution in [0.5, 0.6) is 0 Å². The van der Waals surface area contributed by atoms with Gasteiger partial charge in [0.1, 0.15) is 5.00 Å². The van der Waals surface area contributed by atoms with E-state index in [1.54, 1.807) is 16.4 Å². The number of hydrogen-bond donors (Lipinski definition) is 1. The van der Waals surface area contributed by atoms with Gasteiger partial charge in [0.25, 0.3) is 11.8 Å². The summed E-state index contributed by atoms with van der Waals surface area (Å²) in [6, 6.07) is 18.3. The third kappa shape index (κ3) is 6.17. The maximum atomic E-state index is 14.0. The number of nitrogens with zero attached hydrogens (tertiary/aromatic N) is 4. The predicted molar refractivity (Wildman–Crippen MR) is 188 cm³/mol. The van der Waals surface area contributed by atoms with Gasteiger partial charge in [0, 0.05) is 48.4 Å². The molecule has 1 saturated heterocycles. The number of aryl methyl sites for hydroxylation is 2. The van der Waals surface area contributed by atoms with Gasteiger partial charge in [-0.05, 0) is 91.8 Å². The third-order valence-electron chi connectivity index (χ3n) is 10.1. The van der Waals surface area contributed by atoms with E-state index < -0.39 is 15.9 Å². The molecule has 1 saturated carbocycles. The lowest BCUT2D eigenvalue weighted by atomic mass is 9.65. The van der Waals surface area contributed by atoms with Crippen LogP contribution in [0.4, 0.5) is 5.00 Å². The van der Waals surface area contributed by atoms with E-state index in [-0.39, 0.29) is 27.7 Å². The van der Waals surface area contributed by atoms with Gasteiger partial charge < -0.3 is 5.32 Å². The van der Waals surface area contributed by atoms with Crippen molar-refractivity contribution in [2.75, 3.05) is 18.4 Å². The number of benzene rings is 2. The van der Waals surface area contributed by atoms with E-state index in [0.717, 1.165) is 54.2 Å². The first kappa shape index (κ1) is 32.9. The number of anilines is 1. The predicted octanol–water partition coefficient (Wildman–Crippen LogP) is 6.65. The van der Waals surface area contributed by atoms with Crippen molar-refractivity contribution < 1.29 is 18.0 Å². The summed E-state index contributed by atoms with van der Waals surface area (Å²) < 4.78 is 30.7. The van der Waals surface area contributed by atoms with E-state index in [4.69, 9.17) is 0 Å². The highest BCUT2D eigenvalue weighted by Gasteiger charge is 2.53. The summed E-state index contributed by atoms with van der Waals surface area (Å²) in [7, 11) is -3.72. The zero-order valence-electron chi connectivity index (χ0n) is 28.2. The minimum absolute atomic E-state index is 0.0154. The van der Waals surface area contributed by atoms with Gasteiger partial charge in [-0.1, -0.05) is 51.1 Å². The molecule has 9 nitrogen and oxygen atoms in total. The van der Waals surface area contributed by atoms with Gasteiger partial charge in [-0.15, -0.1) is 11.3 Å². The number of sulfonamides is 1. The molecule has 2 unspecified atom stereocenters. The quantitative estimate of drug-likeness (QED) is 0.234. The number of aromatic nitrogens is 2. The van der Waals surface area contributed by atoms with Crippen molar-refractivity contribution in [1.29, 1.82) is 0 Å². The Morgan fingerprint density at radius 2 is 1.75 bits per heavy atom. The number of carbonyl (C=O) groups excluding carboxylic acids is 2. The lowest BCUT2D eigenvalue weighted by Crippen LogP contribution is -2.37. The molecule has 11 heteroatoms. The number of rotatable bonds is 7. The van der Waals surface area contributed by atoms with Crippen molar-refractivity contribution in [2.24, 2.45) is 10.8 Å². The summed E-state index contributed by atoms with van der Waals surface area (Å²) in [4.78, 5) is 31.3. The van der Waals surface area contributed by atoms with Gasteiger partial charge in [-0.25, -0.2) is 13.1 Å². The Morgan fingerprint density at radius 3 is 2.44 bits per heavy atom. The van der Waals surface area contributed by atoms with Crippen molar-refractivity contribution in [2.45, 2.75) is 84.3 Å². The average Bonchev–Trinajstić information content (AvgIpc) is 3.65. The molecule has 2 bridgehead atoms. The van der Waals surface area contributed by atoms with E-state index >= 15 is 0 Å². The summed E-state index contributed by atoms with van der Waals surface area (Å²) >= 11 is 1.43. The van der Waals surface area contributed by atoms with E-state index in [2.05, 4.69) is 48.2 Å². The van der Waals surface area contributed by atoms with E-state index in [1.165, 1.54) is 33.7 Å². The molecule has 2 fully saturated rings. The second-order valence-corrected chi connectivity index (χ2v) is 18.0. The van der Waals surface area contributed by atoms with Crippen molar-refractivity contribution >= 4 is 38.2 Å². The molecule has 0 radical (unpaired) electrons. The largest absolute Gasteiger partial charge is 0.313 e. The summed E-state index contributed by atoms with van der Waals surface area (Å²) in [5.74, 6) is -0.661. The summed E-state index contributed by atoms with van der Waals surface area (Å²) in [6.45, 7) is 13.1. The summed E-state index contributed by atoms with van der Waals surface area (Å²) in [5.41, 5.74) is 4.52. The van der Waals surface area contributed by atoms with Crippen molar-refractivity contribution in [3.63, 3.8) is 0 Å². The van der Waals surface area contributed by atoms with Gasteiger partial charge in [0.15, 0.2) is 0 Å². The Bertz CT molecular complexity index is 2000. The number of hydrogen-bond acceptors (Lipinski definition) is 7. The molecular formula is C37H43N5O4S2. The van der Waals surface area contributed by atoms with E-state index in [0.29, 0.717) is 35.6 Å². The minimum Gasteiger partial charge on any atom is -0.313 e. The number of amides is 1. The first-order valence-electron chi connectivity index (χ1n) is 16.6. The molecular weight excluding hydrogens is 643 g/mol. The van der Waals surface area contributed by atoms with Crippen LogP contribution in [0.3, 0.4) is 0 Å². The number of thiophene rings is 1. The van der Waals surface area contributed by atoms with Crippen LogP contribution in [-0.2, 0) is 29.5 Å². The smallest absolute Gasteiger partial charge is 0.281 e. The lowest BCUT2D eigenvalue weighted by molar-refractivity contribution is 0.0941. The second-order valence-electron chi connectivity index (χ2n) is 15.0. The highest BCUT2D eigenvalue weighted by molar-refractivity contribution is 7.89. The Morgan fingerprint density at radius 1 is 1.02 bits per heavy atom. The van der Waals surface area contributed by atoms with Crippen LogP contribution in [0, 0.1) is 24.7 Å².